The lowest BCUT2D eigenvalue weighted by molar-refractivity contribution is 0.102. The maximum atomic E-state index is 12.2. The van der Waals surface area contributed by atoms with Crippen LogP contribution in [0.15, 0.2) is 60.1 Å². The standard InChI is InChI=1S/C18H12N4O2S/c19-11-12-1-3-13(4-2-12)16(23)21-15-7-5-14(6-8-15)17(24)22-18-20-9-10-25-18/h1-10H,(H,21,23)(H,20,22,24). The predicted molar refractivity (Wildman–Crippen MR) is 95.6 cm³/mol. The van der Waals surface area contributed by atoms with E-state index < -0.39 is 0 Å². The molecule has 2 N–H and O–H groups in total. The Bertz CT molecular complexity index is 927. The van der Waals surface area contributed by atoms with Crippen LogP contribution in [0, 0.1) is 11.3 Å². The number of amides is 2. The van der Waals surface area contributed by atoms with Crippen molar-refractivity contribution >= 4 is 34.0 Å². The first kappa shape index (κ1) is 16.4. The number of thiazole rings is 1. The lowest BCUT2D eigenvalue weighted by atomic mass is 10.1. The Hall–Kier alpha value is -3.50. The second-order valence-electron chi connectivity index (χ2n) is 5.01. The normalized spacial score (nSPS) is 9.88. The molecule has 2 amide bonds. The summed E-state index contributed by atoms with van der Waals surface area (Å²) in [7, 11) is 0. The van der Waals surface area contributed by atoms with Crippen LogP contribution < -0.4 is 10.6 Å². The number of nitriles is 1. The first-order valence-electron chi connectivity index (χ1n) is 7.28. The highest BCUT2D eigenvalue weighted by Gasteiger charge is 2.09. The van der Waals surface area contributed by atoms with E-state index in [4.69, 9.17) is 5.26 Å². The fraction of sp³-hybridized carbons (Fsp3) is 0. The Morgan fingerprint density at radius 3 is 2.08 bits per heavy atom. The number of nitrogens with zero attached hydrogens (tertiary/aromatic N) is 2. The van der Waals surface area contributed by atoms with Crippen LogP contribution in [0.3, 0.4) is 0 Å². The largest absolute Gasteiger partial charge is 0.322 e. The Morgan fingerprint density at radius 2 is 1.52 bits per heavy atom. The number of hydrogen-bond acceptors (Lipinski definition) is 5. The van der Waals surface area contributed by atoms with E-state index in [1.807, 2.05) is 6.07 Å². The van der Waals surface area contributed by atoms with Crippen molar-refractivity contribution in [3.8, 4) is 6.07 Å². The molecule has 25 heavy (non-hydrogen) atoms. The fourth-order valence-electron chi connectivity index (χ4n) is 2.06. The third-order valence-corrected chi connectivity index (χ3v) is 4.02. The summed E-state index contributed by atoms with van der Waals surface area (Å²) in [5.41, 5.74) is 1.98. The SMILES string of the molecule is N#Cc1ccc(C(=O)Nc2ccc(C(=O)Nc3nccs3)cc2)cc1. The van der Waals surface area contributed by atoms with Crippen molar-refractivity contribution in [3.05, 3.63) is 76.8 Å². The van der Waals surface area contributed by atoms with E-state index in [0.717, 1.165) is 0 Å². The van der Waals surface area contributed by atoms with Crippen molar-refractivity contribution in [1.29, 1.82) is 5.26 Å². The highest BCUT2D eigenvalue weighted by molar-refractivity contribution is 7.13. The molecule has 3 rings (SSSR count). The van der Waals surface area contributed by atoms with Crippen LogP contribution in [0.25, 0.3) is 0 Å². The molecule has 122 valence electrons. The maximum Gasteiger partial charge on any atom is 0.257 e. The lowest BCUT2D eigenvalue weighted by Crippen LogP contribution is -2.13. The van der Waals surface area contributed by atoms with E-state index in [0.29, 0.717) is 27.5 Å². The van der Waals surface area contributed by atoms with E-state index in [1.165, 1.54) is 11.3 Å². The molecule has 0 saturated carbocycles. The zero-order valence-corrected chi connectivity index (χ0v) is 13.7. The molecule has 7 heteroatoms. The molecule has 0 atom stereocenters. The molecule has 0 bridgehead atoms. The molecule has 0 fully saturated rings. The van der Waals surface area contributed by atoms with E-state index in [2.05, 4.69) is 15.6 Å². The molecule has 0 aliphatic carbocycles. The van der Waals surface area contributed by atoms with Gasteiger partial charge in [0.15, 0.2) is 5.13 Å². The van der Waals surface area contributed by atoms with E-state index in [-0.39, 0.29) is 11.8 Å². The van der Waals surface area contributed by atoms with Crippen molar-refractivity contribution in [1.82, 2.24) is 4.98 Å². The predicted octanol–water partition coefficient (Wildman–Crippen LogP) is 3.52. The highest BCUT2D eigenvalue weighted by Crippen LogP contribution is 2.15. The third kappa shape index (κ3) is 4.07. The van der Waals surface area contributed by atoms with Gasteiger partial charge in [0.25, 0.3) is 11.8 Å². The third-order valence-electron chi connectivity index (χ3n) is 3.33. The first-order chi connectivity index (χ1) is 12.2. The number of aromatic nitrogens is 1. The molecule has 0 radical (unpaired) electrons. The highest BCUT2D eigenvalue weighted by atomic mass is 32.1. The van der Waals surface area contributed by atoms with Gasteiger partial charge in [-0.25, -0.2) is 4.98 Å². The maximum absolute atomic E-state index is 12.2. The lowest BCUT2D eigenvalue weighted by Gasteiger charge is -2.07. The van der Waals surface area contributed by atoms with Crippen molar-refractivity contribution in [2.75, 3.05) is 10.6 Å². The van der Waals surface area contributed by atoms with E-state index in [9.17, 15) is 9.59 Å². The summed E-state index contributed by atoms with van der Waals surface area (Å²) in [6.07, 6.45) is 1.61. The number of nitrogens with one attached hydrogen (secondary N) is 2. The van der Waals surface area contributed by atoms with Gasteiger partial charge in [-0.05, 0) is 48.5 Å². The van der Waals surface area contributed by atoms with Gasteiger partial charge in [-0.15, -0.1) is 11.3 Å². The number of hydrogen-bond donors (Lipinski definition) is 2. The van der Waals surface area contributed by atoms with Crippen LogP contribution in [-0.2, 0) is 0 Å². The zero-order valence-electron chi connectivity index (χ0n) is 12.9. The number of benzene rings is 2. The Morgan fingerprint density at radius 1 is 0.920 bits per heavy atom. The molecule has 1 aromatic heterocycles. The topological polar surface area (TPSA) is 94.9 Å². The van der Waals surface area contributed by atoms with E-state index >= 15 is 0 Å². The minimum absolute atomic E-state index is 0.264. The Balaban J connectivity index is 1.64. The number of carbonyl (C=O) groups is 2. The minimum atomic E-state index is -0.288. The summed E-state index contributed by atoms with van der Waals surface area (Å²) in [5, 5.41) is 16.5. The van der Waals surface area contributed by atoms with Gasteiger partial charge >= 0.3 is 0 Å². The van der Waals surface area contributed by atoms with Crippen molar-refractivity contribution in [2.24, 2.45) is 0 Å². The van der Waals surface area contributed by atoms with Gasteiger partial charge in [0.1, 0.15) is 0 Å². The summed E-state index contributed by atoms with van der Waals surface area (Å²) in [6.45, 7) is 0. The van der Waals surface area contributed by atoms with Crippen LogP contribution in [0.4, 0.5) is 10.8 Å². The average Bonchev–Trinajstić information content (AvgIpc) is 3.15. The van der Waals surface area contributed by atoms with Crippen LogP contribution in [0.2, 0.25) is 0 Å². The van der Waals surface area contributed by atoms with Crippen molar-refractivity contribution in [3.63, 3.8) is 0 Å². The van der Waals surface area contributed by atoms with Crippen LogP contribution >= 0.6 is 11.3 Å². The molecule has 6 nitrogen and oxygen atoms in total. The zero-order chi connectivity index (χ0) is 17.6. The van der Waals surface area contributed by atoms with Crippen LogP contribution in [-0.4, -0.2) is 16.8 Å². The van der Waals surface area contributed by atoms with E-state index in [1.54, 1.807) is 60.1 Å². The first-order valence-corrected chi connectivity index (χ1v) is 8.16. The molecule has 0 unspecified atom stereocenters. The average molecular weight is 348 g/mol. The summed E-state index contributed by atoms with van der Waals surface area (Å²) >= 11 is 1.34. The molecular formula is C18H12N4O2S. The van der Waals surface area contributed by atoms with Crippen LogP contribution in [0.5, 0.6) is 0 Å². The number of rotatable bonds is 4. The molecule has 0 saturated heterocycles. The quantitative estimate of drug-likeness (QED) is 0.754. The molecule has 1 heterocycles. The monoisotopic (exact) mass is 348 g/mol. The summed E-state index contributed by atoms with van der Waals surface area (Å²) < 4.78 is 0. The summed E-state index contributed by atoms with van der Waals surface area (Å²) in [6, 6.07) is 14.9. The molecule has 0 aliphatic rings. The van der Waals surface area contributed by atoms with Crippen molar-refractivity contribution < 1.29 is 9.59 Å². The van der Waals surface area contributed by atoms with Gasteiger partial charge in [-0.3, -0.25) is 14.9 Å². The van der Waals surface area contributed by atoms with Gasteiger partial charge < -0.3 is 5.32 Å². The summed E-state index contributed by atoms with van der Waals surface area (Å²) in [4.78, 5) is 28.2. The van der Waals surface area contributed by atoms with Crippen LogP contribution in [0.1, 0.15) is 26.3 Å². The Kier molecular flexibility index (Phi) is 4.83. The molecule has 0 spiro atoms. The van der Waals surface area contributed by atoms with Gasteiger partial charge in [0.05, 0.1) is 11.6 Å². The van der Waals surface area contributed by atoms with Gasteiger partial charge in [0.2, 0.25) is 0 Å². The smallest absolute Gasteiger partial charge is 0.257 e. The Labute approximate surface area is 147 Å². The molecule has 3 aromatic rings. The molecular weight excluding hydrogens is 336 g/mol. The fourth-order valence-corrected chi connectivity index (χ4v) is 2.58. The van der Waals surface area contributed by atoms with Gasteiger partial charge in [-0.1, -0.05) is 0 Å². The number of anilines is 2. The summed E-state index contributed by atoms with van der Waals surface area (Å²) in [5.74, 6) is -0.551. The molecule has 0 aliphatic heterocycles. The second-order valence-corrected chi connectivity index (χ2v) is 5.91. The van der Waals surface area contributed by atoms with Gasteiger partial charge in [0, 0.05) is 28.4 Å². The van der Waals surface area contributed by atoms with Crippen molar-refractivity contribution in [2.45, 2.75) is 0 Å². The molecule has 2 aromatic carbocycles. The number of carbonyl (C=O) groups excluding carboxylic acids is 2. The minimum Gasteiger partial charge on any atom is -0.322 e. The second kappa shape index (κ2) is 7.38. The van der Waals surface area contributed by atoms with Gasteiger partial charge in [-0.2, -0.15) is 5.26 Å².